The molecule has 0 aliphatic heterocycles. The summed E-state index contributed by atoms with van der Waals surface area (Å²) in [5.74, 6) is -0.536. The van der Waals surface area contributed by atoms with Crippen molar-refractivity contribution in [3.05, 3.63) is 130 Å². The summed E-state index contributed by atoms with van der Waals surface area (Å²) < 4.78 is 19.5. The van der Waals surface area contributed by atoms with Crippen LogP contribution in [0.3, 0.4) is 0 Å². The summed E-state index contributed by atoms with van der Waals surface area (Å²) in [4.78, 5) is 17.8. The van der Waals surface area contributed by atoms with Crippen molar-refractivity contribution >= 4 is 46.2 Å². The van der Waals surface area contributed by atoms with Gasteiger partial charge in [0.1, 0.15) is 12.4 Å². The molecule has 8 heteroatoms. The maximum Gasteiger partial charge on any atom is 0.272 e. The van der Waals surface area contributed by atoms with Gasteiger partial charge in [-0.1, -0.05) is 89.9 Å². The molecule has 0 aliphatic carbocycles. The van der Waals surface area contributed by atoms with Gasteiger partial charge in [-0.2, -0.15) is 5.10 Å². The number of halogens is 3. The van der Waals surface area contributed by atoms with E-state index in [0.717, 1.165) is 5.56 Å². The highest BCUT2D eigenvalue weighted by Crippen LogP contribution is 2.34. The molecule has 1 amide bonds. The Morgan fingerprint density at radius 1 is 0.921 bits per heavy atom. The first-order valence-electron chi connectivity index (χ1n) is 11.6. The fourth-order valence-corrected chi connectivity index (χ4v) is 4.52. The Balaban J connectivity index is 1.33. The van der Waals surface area contributed by atoms with Crippen molar-refractivity contribution in [2.24, 2.45) is 5.10 Å². The number of fused-ring (bicyclic) bond motifs is 1. The molecule has 0 spiro atoms. The Kier molecular flexibility index (Phi) is 7.63. The number of hydrogen-bond donors (Lipinski definition) is 1. The Bertz CT molecular complexity index is 1640. The van der Waals surface area contributed by atoms with Crippen molar-refractivity contribution in [2.45, 2.75) is 6.61 Å². The standard InChI is InChI=1S/C30H20Cl2FN3O2/c31-24-14-19(15-25(32)29(24)38-18-21-10-4-6-12-26(21)33)17-34-36-30(37)23-16-28(20-8-2-1-3-9-20)35-27-13-7-5-11-22(23)27/h1-17H,18H2,(H,36,37)/b34-17+. The lowest BCUT2D eigenvalue weighted by molar-refractivity contribution is 0.0956. The smallest absolute Gasteiger partial charge is 0.272 e. The van der Waals surface area contributed by atoms with Gasteiger partial charge in [-0.25, -0.2) is 14.8 Å². The predicted octanol–water partition coefficient (Wildman–Crippen LogP) is 7.69. The zero-order chi connectivity index (χ0) is 26.5. The highest BCUT2D eigenvalue weighted by molar-refractivity contribution is 6.37. The highest BCUT2D eigenvalue weighted by Gasteiger charge is 2.14. The van der Waals surface area contributed by atoms with Gasteiger partial charge >= 0.3 is 0 Å². The minimum absolute atomic E-state index is 0.0273. The maximum atomic E-state index is 13.9. The Morgan fingerprint density at radius 3 is 2.37 bits per heavy atom. The summed E-state index contributed by atoms with van der Waals surface area (Å²) in [7, 11) is 0. The largest absolute Gasteiger partial charge is 0.486 e. The number of carbonyl (C=O) groups excluding carboxylic acids is 1. The van der Waals surface area contributed by atoms with Crippen molar-refractivity contribution in [1.82, 2.24) is 10.4 Å². The number of rotatable bonds is 7. The van der Waals surface area contributed by atoms with Crippen LogP contribution in [0.4, 0.5) is 4.39 Å². The minimum Gasteiger partial charge on any atom is -0.486 e. The monoisotopic (exact) mass is 543 g/mol. The number of aromatic nitrogens is 1. The molecule has 1 N–H and O–H groups in total. The second-order valence-electron chi connectivity index (χ2n) is 8.33. The van der Waals surface area contributed by atoms with E-state index in [4.69, 9.17) is 32.9 Å². The number of para-hydroxylation sites is 1. The molecule has 0 fully saturated rings. The van der Waals surface area contributed by atoms with E-state index in [2.05, 4.69) is 10.5 Å². The average Bonchev–Trinajstić information content (AvgIpc) is 2.93. The van der Waals surface area contributed by atoms with Gasteiger partial charge < -0.3 is 4.74 Å². The number of benzene rings is 4. The Hall–Kier alpha value is -4.26. The molecule has 0 saturated carbocycles. The fourth-order valence-electron chi connectivity index (χ4n) is 3.90. The van der Waals surface area contributed by atoms with Gasteiger partial charge in [0.2, 0.25) is 0 Å². The van der Waals surface area contributed by atoms with E-state index >= 15 is 0 Å². The molecule has 0 atom stereocenters. The lowest BCUT2D eigenvalue weighted by Crippen LogP contribution is -2.18. The van der Waals surface area contributed by atoms with Crippen LogP contribution in [0.2, 0.25) is 10.0 Å². The average molecular weight is 544 g/mol. The van der Waals surface area contributed by atoms with Crippen LogP contribution in [0.15, 0.2) is 102 Å². The second-order valence-corrected chi connectivity index (χ2v) is 9.15. The number of hydrazone groups is 1. The van der Waals surface area contributed by atoms with Gasteiger partial charge in [-0.15, -0.1) is 0 Å². The molecule has 1 aromatic heterocycles. The molecule has 0 radical (unpaired) electrons. The van der Waals surface area contributed by atoms with Crippen LogP contribution in [-0.2, 0) is 6.61 Å². The number of hydrogen-bond acceptors (Lipinski definition) is 4. The quantitative estimate of drug-likeness (QED) is 0.169. The SMILES string of the molecule is O=C(N/N=C/c1cc(Cl)c(OCc2ccccc2F)c(Cl)c1)c1cc(-c2ccccc2)nc2ccccc12. The third-order valence-electron chi connectivity index (χ3n) is 5.76. The van der Waals surface area contributed by atoms with Gasteiger partial charge in [0.25, 0.3) is 5.91 Å². The summed E-state index contributed by atoms with van der Waals surface area (Å²) in [6, 6.07) is 28.3. The molecular weight excluding hydrogens is 524 g/mol. The van der Waals surface area contributed by atoms with E-state index in [0.29, 0.717) is 33.3 Å². The number of nitrogens with zero attached hydrogens (tertiary/aromatic N) is 2. The predicted molar refractivity (Wildman–Crippen MR) is 149 cm³/mol. The zero-order valence-corrected chi connectivity index (χ0v) is 21.4. The van der Waals surface area contributed by atoms with Gasteiger partial charge in [0.05, 0.1) is 33.0 Å². The van der Waals surface area contributed by atoms with E-state index in [1.165, 1.54) is 12.3 Å². The first kappa shape index (κ1) is 25.4. The number of pyridine rings is 1. The van der Waals surface area contributed by atoms with Crippen molar-refractivity contribution in [3.63, 3.8) is 0 Å². The molecule has 5 nitrogen and oxygen atoms in total. The van der Waals surface area contributed by atoms with E-state index in [1.54, 1.807) is 36.4 Å². The highest BCUT2D eigenvalue weighted by atomic mass is 35.5. The maximum absolute atomic E-state index is 13.9. The van der Waals surface area contributed by atoms with Crippen LogP contribution < -0.4 is 10.2 Å². The van der Waals surface area contributed by atoms with Crippen LogP contribution in [0.25, 0.3) is 22.2 Å². The molecule has 0 aliphatic rings. The third-order valence-corrected chi connectivity index (χ3v) is 6.32. The summed E-state index contributed by atoms with van der Waals surface area (Å²) >= 11 is 12.7. The molecular formula is C30H20Cl2FN3O2. The topological polar surface area (TPSA) is 63.6 Å². The van der Waals surface area contributed by atoms with Crippen molar-refractivity contribution in [3.8, 4) is 17.0 Å². The Morgan fingerprint density at radius 2 is 1.61 bits per heavy atom. The third kappa shape index (κ3) is 5.67. The van der Waals surface area contributed by atoms with Crippen molar-refractivity contribution < 1.29 is 13.9 Å². The summed E-state index contributed by atoms with van der Waals surface area (Å²) in [6.45, 7) is -0.0273. The minimum atomic E-state index is -0.390. The molecule has 0 bridgehead atoms. The summed E-state index contributed by atoms with van der Waals surface area (Å²) in [5, 5.41) is 5.26. The number of ether oxygens (including phenoxy) is 1. The second kappa shape index (κ2) is 11.4. The first-order valence-corrected chi connectivity index (χ1v) is 12.4. The molecule has 4 aromatic carbocycles. The normalized spacial score (nSPS) is 11.1. The summed E-state index contributed by atoms with van der Waals surface area (Å²) in [5.41, 5.74) is 6.22. The van der Waals surface area contributed by atoms with Gasteiger partial charge in [-0.05, 0) is 35.9 Å². The number of amides is 1. The van der Waals surface area contributed by atoms with E-state index < -0.39 is 0 Å². The fraction of sp³-hybridized carbons (Fsp3) is 0.0333. The first-order chi connectivity index (χ1) is 18.5. The van der Waals surface area contributed by atoms with E-state index in [9.17, 15) is 9.18 Å². The van der Waals surface area contributed by atoms with Crippen molar-refractivity contribution in [1.29, 1.82) is 0 Å². The van der Waals surface area contributed by atoms with Gasteiger partial charge in [0.15, 0.2) is 5.75 Å². The Labute approximate surface area is 228 Å². The molecule has 38 heavy (non-hydrogen) atoms. The molecule has 5 aromatic rings. The molecule has 1 heterocycles. The zero-order valence-electron chi connectivity index (χ0n) is 19.9. The van der Waals surface area contributed by atoms with Gasteiger partial charge in [-0.3, -0.25) is 4.79 Å². The summed E-state index contributed by atoms with van der Waals surface area (Å²) in [6.07, 6.45) is 1.43. The van der Waals surface area contributed by atoms with Crippen LogP contribution in [0.1, 0.15) is 21.5 Å². The number of carbonyl (C=O) groups is 1. The van der Waals surface area contributed by atoms with Crippen LogP contribution in [-0.4, -0.2) is 17.1 Å². The van der Waals surface area contributed by atoms with Gasteiger partial charge in [0, 0.05) is 16.5 Å². The van der Waals surface area contributed by atoms with Crippen LogP contribution in [0.5, 0.6) is 5.75 Å². The molecule has 0 saturated heterocycles. The number of nitrogens with one attached hydrogen (secondary N) is 1. The molecule has 188 valence electrons. The van der Waals surface area contributed by atoms with Crippen LogP contribution in [0, 0.1) is 5.82 Å². The van der Waals surface area contributed by atoms with Crippen molar-refractivity contribution in [2.75, 3.05) is 0 Å². The lowest BCUT2D eigenvalue weighted by Gasteiger charge is -2.11. The molecule has 0 unspecified atom stereocenters. The van der Waals surface area contributed by atoms with Crippen LogP contribution >= 0.6 is 23.2 Å². The van der Waals surface area contributed by atoms with E-state index in [-0.39, 0.29) is 34.1 Å². The molecule has 5 rings (SSSR count). The lowest BCUT2D eigenvalue weighted by atomic mass is 10.0. The van der Waals surface area contributed by atoms with E-state index in [1.807, 2.05) is 54.6 Å².